The van der Waals surface area contributed by atoms with Crippen molar-refractivity contribution in [2.45, 2.75) is 26.2 Å². The fourth-order valence-electron chi connectivity index (χ4n) is 2.15. The van der Waals surface area contributed by atoms with E-state index in [1.807, 2.05) is 0 Å². The van der Waals surface area contributed by atoms with E-state index in [1.165, 1.54) is 24.8 Å². The number of hydrogen-bond donors (Lipinski definition) is 2. The highest BCUT2D eigenvalue weighted by Gasteiger charge is 2.24. The highest BCUT2D eigenvalue weighted by Crippen LogP contribution is 2.30. The van der Waals surface area contributed by atoms with Gasteiger partial charge in [0.05, 0.1) is 0 Å². The van der Waals surface area contributed by atoms with Gasteiger partial charge >= 0.3 is 12.0 Å². The van der Waals surface area contributed by atoms with E-state index in [9.17, 15) is 9.59 Å². The van der Waals surface area contributed by atoms with Gasteiger partial charge in [0.2, 0.25) is 0 Å². The molecule has 16 heavy (non-hydrogen) atoms. The highest BCUT2D eigenvalue weighted by molar-refractivity contribution is 5.79. The standard InChI is InChI=1S/C11H20N2O3/c1-8-4-3-5-9(8)6-12-11(16)13(2)7-10(14)15/h8-9H,3-7H2,1-2H3,(H,12,16)(H,14,15). The smallest absolute Gasteiger partial charge is 0.323 e. The van der Waals surface area contributed by atoms with E-state index in [1.54, 1.807) is 0 Å². The molecule has 0 spiro atoms. The molecular weight excluding hydrogens is 208 g/mol. The molecule has 0 radical (unpaired) electrons. The van der Waals surface area contributed by atoms with Gasteiger partial charge in [-0.15, -0.1) is 0 Å². The minimum atomic E-state index is -0.994. The zero-order valence-corrected chi connectivity index (χ0v) is 9.90. The lowest BCUT2D eigenvalue weighted by molar-refractivity contribution is -0.137. The topological polar surface area (TPSA) is 69.6 Å². The van der Waals surface area contributed by atoms with Crippen LogP contribution in [-0.2, 0) is 4.79 Å². The van der Waals surface area contributed by atoms with Gasteiger partial charge in [-0.25, -0.2) is 4.79 Å². The summed E-state index contributed by atoms with van der Waals surface area (Å²) in [4.78, 5) is 23.1. The van der Waals surface area contributed by atoms with Crippen LogP contribution in [0.2, 0.25) is 0 Å². The zero-order chi connectivity index (χ0) is 12.1. The molecule has 2 unspecified atom stereocenters. The predicted molar refractivity (Wildman–Crippen MR) is 60.2 cm³/mol. The monoisotopic (exact) mass is 228 g/mol. The molecule has 1 rings (SSSR count). The second-order valence-corrected chi connectivity index (χ2v) is 4.60. The Bertz CT molecular complexity index is 268. The van der Waals surface area contributed by atoms with Gasteiger partial charge in [-0.05, 0) is 18.3 Å². The summed E-state index contributed by atoms with van der Waals surface area (Å²) in [6.07, 6.45) is 3.61. The lowest BCUT2D eigenvalue weighted by atomic mass is 9.98. The number of nitrogens with one attached hydrogen (secondary N) is 1. The van der Waals surface area contributed by atoms with Crippen LogP contribution in [0.3, 0.4) is 0 Å². The molecule has 0 aliphatic heterocycles. The summed E-state index contributed by atoms with van der Waals surface area (Å²) in [5.41, 5.74) is 0. The Kier molecular flexibility index (Phi) is 4.58. The van der Waals surface area contributed by atoms with Crippen LogP contribution in [0.5, 0.6) is 0 Å². The summed E-state index contributed by atoms with van der Waals surface area (Å²) in [6.45, 7) is 2.60. The van der Waals surface area contributed by atoms with Gasteiger partial charge in [0, 0.05) is 13.6 Å². The molecule has 2 N–H and O–H groups in total. The summed E-state index contributed by atoms with van der Waals surface area (Å²) >= 11 is 0. The first-order chi connectivity index (χ1) is 7.50. The van der Waals surface area contributed by atoms with Gasteiger partial charge in [-0.2, -0.15) is 0 Å². The number of aliphatic carboxylic acids is 1. The first-order valence-electron chi connectivity index (χ1n) is 5.71. The molecule has 92 valence electrons. The Hall–Kier alpha value is -1.26. The molecule has 1 aliphatic carbocycles. The summed E-state index contributed by atoms with van der Waals surface area (Å²) < 4.78 is 0. The minimum Gasteiger partial charge on any atom is -0.480 e. The van der Waals surface area contributed by atoms with Crippen LogP contribution >= 0.6 is 0 Å². The van der Waals surface area contributed by atoms with Crippen molar-refractivity contribution in [2.75, 3.05) is 20.1 Å². The normalized spacial score (nSPS) is 24.1. The number of carbonyl (C=O) groups excluding carboxylic acids is 1. The first-order valence-corrected chi connectivity index (χ1v) is 5.71. The molecule has 1 saturated carbocycles. The second-order valence-electron chi connectivity index (χ2n) is 4.60. The molecule has 0 bridgehead atoms. The molecule has 2 atom stereocenters. The molecule has 0 saturated heterocycles. The largest absolute Gasteiger partial charge is 0.480 e. The van der Waals surface area contributed by atoms with E-state index in [-0.39, 0.29) is 12.6 Å². The van der Waals surface area contributed by atoms with Crippen LogP contribution in [0.15, 0.2) is 0 Å². The Morgan fingerprint density at radius 2 is 2.12 bits per heavy atom. The van der Waals surface area contributed by atoms with Gasteiger partial charge < -0.3 is 15.3 Å². The van der Waals surface area contributed by atoms with Gasteiger partial charge in [-0.1, -0.05) is 19.8 Å². The quantitative estimate of drug-likeness (QED) is 0.758. The Morgan fingerprint density at radius 1 is 1.44 bits per heavy atom. The first kappa shape index (κ1) is 12.8. The molecule has 0 aromatic heterocycles. The lowest BCUT2D eigenvalue weighted by Gasteiger charge is -2.19. The third-order valence-corrected chi connectivity index (χ3v) is 3.27. The molecule has 2 amide bonds. The van der Waals surface area contributed by atoms with E-state index in [2.05, 4.69) is 12.2 Å². The van der Waals surface area contributed by atoms with Crippen molar-refractivity contribution in [3.05, 3.63) is 0 Å². The number of rotatable bonds is 4. The van der Waals surface area contributed by atoms with Gasteiger partial charge in [0.1, 0.15) is 6.54 Å². The van der Waals surface area contributed by atoms with E-state index >= 15 is 0 Å². The van der Waals surface area contributed by atoms with Crippen molar-refractivity contribution in [1.29, 1.82) is 0 Å². The molecule has 0 aromatic carbocycles. The Balaban J connectivity index is 2.26. The van der Waals surface area contributed by atoms with Crippen LogP contribution in [0.1, 0.15) is 26.2 Å². The fourth-order valence-corrected chi connectivity index (χ4v) is 2.15. The molecule has 0 aromatic rings. The van der Waals surface area contributed by atoms with Crippen molar-refractivity contribution in [1.82, 2.24) is 10.2 Å². The van der Waals surface area contributed by atoms with E-state index in [4.69, 9.17) is 5.11 Å². The molecular formula is C11H20N2O3. The fraction of sp³-hybridized carbons (Fsp3) is 0.818. The number of likely N-dealkylation sites (N-methyl/N-ethyl adjacent to an activating group) is 1. The van der Waals surface area contributed by atoms with Crippen LogP contribution in [-0.4, -0.2) is 42.1 Å². The molecule has 5 heteroatoms. The van der Waals surface area contributed by atoms with E-state index < -0.39 is 5.97 Å². The number of carbonyl (C=O) groups is 2. The van der Waals surface area contributed by atoms with E-state index in [0.717, 1.165) is 6.42 Å². The molecule has 5 nitrogen and oxygen atoms in total. The highest BCUT2D eigenvalue weighted by atomic mass is 16.4. The third kappa shape index (κ3) is 3.72. The third-order valence-electron chi connectivity index (χ3n) is 3.27. The maximum atomic E-state index is 11.5. The number of hydrogen-bond acceptors (Lipinski definition) is 2. The Morgan fingerprint density at radius 3 is 2.62 bits per heavy atom. The van der Waals surface area contributed by atoms with Gasteiger partial charge in [-0.3, -0.25) is 4.79 Å². The van der Waals surface area contributed by atoms with Crippen LogP contribution in [0.4, 0.5) is 4.79 Å². The maximum absolute atomic E-state index is 11.5. The summed E-state index contributed by atoms with van der Waals surface area (Å²) in [6, 6.07) is -0.304. The van der Waals surface area contributed by atoms with Crippen LogP contribution in [0, 0.1) is 11.8 Å². The number of amides is 2. The SMILES string of the molecule is CC1CCCC1CNC(=O)N(C)CC(=O)O. The number of urea groups is 1. The summed E-state index contributed by atoms with van der Waals surface area (Å²) in [7, 11) is 1.49. The van der Waals surface area contributed by atoms with Crippen LogP contribution in [0.25, 0.3) is 0 Å². The molecule has 1 fully saturated rings. The predicted octanol–water partition coefficient (Wildman–Crippen LogP) is 1.15. The molecule has 0 heterocycles. The number of carboxylic acid groups (broad SMARTS) is 1. The van der Waals surface area contributed by atoms with Gasteiger partial charge in [0.25, 0.3) is 0 Å². The van der Waals surface area contributed by atoms with Gasteiger partial charge in [0.15, 0.2) is 0 Å². The maximum Gasteiger partial charge on any atom is 0.323 e. The molecule has 1 aliphatic rings. The zero-order valence-electron chi connectivity index (χ0n) is 9.90. The summed E-state index contributed by atoms with van der Waals surface area (Å²) in [5, 5.41) is 11.3. The average Bonchev–Trinajstić information content (AvgIpc) is 2.59. The second kappa shape index (κ2) is 5.72. The van der Waals surface area contributed by atoms with E-state index in [0.29, 0.717) is 18.4 Å². The average molecular weight is 228 g/mol. The lowest BCUT2D eigenvalue weighted by Crippen LogP contribution is -2.42. The van der Waals surface area contributed by atoms with Crippen molar-refractivity contribution < 1.29 is 14.7 Å². The van der Waals surface area contributed by atoms with Crippen molar-refractivity contribution in [2.24, 2.45) is 11.8 Å². The van der Waals surface area contributed by atoms with Crippen molar-refractivity contribution in [3.63, 3.8) is 0 Å². The minimum absolute atomic E-state index is 0.258. The Labute approximate surface area is 95.8 Å². The van der Waals surface area contributed by atoms with Crippen molar-refractivity contribution in [3.8, 4) is 0 Å². The van der Waals surface area contributed by atoms with Crippen molar-refractivity contribution >= 4 is 12.0 Å². The number of carboxylic acids is 1. The number of nitrogens with zero attached hydrogens (tertiary/aromatic N) is 1. The van der Waals surface area contributed by atoms with Crippen LogP contribution < -0.4 is 5.32 Å². The summed E-state index contributed by atoms with van der Waals surface area (Å²) in [5.74, 6) is 0.208.